The van der Waals surface area contributed by atoms with Crippen molar-refractivity contribution < 1.29 is 17.5 Å². The highest BCUT2D eigenvalue weighted by Crippen LogP contribution is 2.22. The second-order valence-electron chi connectivity index (χ2n) is 4.10. The summed E-state index contributed by atoms with van der Waals surface area (Å²) in [4.78, 5) is 9.97. The first-order valence-corrected chi connectivity index (χ1v) is 7.05. The van der Waals surface area contributed by atoms with Crippen LogP contribution in [-0.4, -0.2) is 13.3 Å². The lowest BCUT2D eigenvalue weighted by Gasteiger charge is -2.07. The summed E-state index contributed by atoms with van der Waals surface area (Å²) in [6, 6.07) is 11.1. The molecular weight excluding hydrogens is 282 g/mol. The number of nitrogens with zero attached hydrogens (tertiary/aromatic N) is 1. The van der Waals surface area contributed by atoms with Gasteiger partial charge >= 0.3 is 10.1 Å². The molecule has 7 heteroatoms. The summed E-state index contributed by atoms with van der Waals surface area (Å²) in [6.07, 6.45) is 0. The fraction of sp³-hybridized carbons (Fsp3) is 0.0769. The molecule has 104 valence electrons. The number of nitro groups is 1. The van der Waals surface area contributed by atoms with E-state index in [4.69, 9.17) is 4.18 Å². The standard InChI is InChI=1S/C13H11NO5S/c1-10-3-2-4-13(9-10)20(17,18)19-12-7-5-11(6-8-12)14(15)16/h2-9H,1H3. The zero-order valence-electron chi connectivity index (χ0n) is 10.5. The van der Waals surface area contributed by atoms with Gasteiger partial charge in [-0.25, -0.2) is 0 Å². The van der Waals surface area contributed by atoms with Crippen LogP contribution in [0.1, 0.15) is 5.56 Å². The molecule has 6 nitrogen and oxygen atoms in total. The van der Waals surface area contributed by atoms with Crippen molar-refractivity contribution >= 4 is 15.8 Å². The number of hydrogen-bond donors (Lipinski definition) is 0. The fourth-order valence-electron chi connectivity index (χ4n) is 1.57. The molecule has 0 radical (unpaired) electrons. The second kappa shape index (κ2) is 5.30. The molecule has 2 rings (SSSR count). The largest absolute Gasteiger partial charge is 0.379 e. The Labute approximate surface area is 115 Å². The van der Waals surface area contributed by atoms with Gasteiger partial charge in [0.2, 0.25) is 0 Å². The van der Waals surface area contributed by atoms with E-state index in [1.807, 2.05) is 0 Å². The van der Waals surface area contributed by atoms with Gasteiger partial charge in [0.05, 0.1) is 4.92 Å². The summed E-state index contributed by atoms with van der Waals surface area (Å²) in [5.74, 6) is 0.0251. The monoisotopic (exact) mass is 293 g/mol. The van der Waals surface area contributed by atoms with Crippen LogP contribution in [0.15, 0.2) is 53.4 Å². The Bertz CT molecular complexity index is 738. The zero-order chi connectivity index (χ0) is 14.8. The van der Waals surface area contributed by atoms with Gasteiger partial charge < -0.3 is 4.18 Å². The summed E-state index contributed by atoms with van der Waals surface area (Å²) in [6.45, 7) is 1.77. The SMILES string of the molecule is Cc1cccc(S(=O)(=O)Oc2ccc([N+](=O)[O-])cc2)c1. The van der Waals surface area contributed by atoms with Gasteiger partial charge in [-0.1, -0.05) is 12.1 Å². The molecule has 0 unspecified atom stereocenters. The summed E-state index contributed by atoms with van der Waals surface area (Å²) in [5.41, 5.74) is 0.656. The van der Waals surface area contributed by atoms with Gasteiger partial charge in [0.25, 0.3) is 5.69 Å². The second-order valence-corrected chi connectivity index (χ2v) is 5.65. The normalized spacial score (nSPS) is 11.1. The van der Waals surface area contributed by atoms with Crippen LogP contribution in [0.4, 0.5) is 5.69 Å². The van der Waals surface area contributed by atoms with E-state index >= 15 is 0 Å². The Morgan fingerprint density at radius 3 is 2.30 bits per heavy atom. The van der Waals surface area contributed by atoms with Crippen molar-refractivity contribution in [2.75, 3.05) is 0 Å². The van der Waals surface area contributed by atoms with Gasteiger partial charge in [0.1, 0.15) is 10.6 Å². The van der Waals surface area contributed by atoms with Crippen LogP contribution in [0, 0.1) is 17.0 Å². The summed E-state index contributed by atoms with van der Waals surface area (Å²) in [5, 5.41) is 10.5. The molecule has 0 atom stereocenters. The molecule has 0 amide bonds. The van der Waals surface area contributed by atoms with E-state index < -0.39 is 15.0 Å². The molecule has 0 aliphatic carbocycles. The van der Waals surface area contributed by atoms with Crippen molar-refractivity contribution in [3.8, 4) is 5.75 Å². The first-order valence-electron chi connectivity index (χ1n) is 5.64. The van der Waals surface area contributed by atoms with Crippen LogP contribution in [-0.2, 0) is 10.1 Å². The maximum atomic E-state index is 12.0. The number of hydrogen-bond acceptors (Lipinski definition) is 5. The van der Waals surface area contributed by atoms with Crippen LogP contribution in [0.5, 0.6) is 5.75 Å². The summed E-state index contributed by atoms with van der Waals surface area (Å²) in [7, 11) is -3.94. The van der Waals surface area contributed by atoms with Crippen molar-refractivity contribution in [3.05, 3.63) is 64.2 Å². The third-order valence-corrected chi connectivity index (χ3v) is 3.77. The van der Waals surface area contributed by atoms with Crippen molar-refractivity contribution in [2.45, 2.75) is 11.8 Å². The highest BCUT2D eigenvalue weighted by molar-refractivity contribution is 7.87. The average molecular weight is 293 g/mol. The lowest BCUT2D eigenvalue weighted by Crippen LogP contribution is -2.09. The number of rotatable bonds is 4. The van der Waals surface area contributed by atoms with Crippen LogP contribution in [0.3, 0.4) is 0 Å². The molecule has 0 aliphatic rings. The maximum Gasteiger partial charge on any atom is 0.339 e. The van der Waals surface area contributed by atoms with E-state index in [0.29, 0.717) is 0 Å². The molecule has 2 aromatic carbocycles. The first-order chi connectivity index (χ1) is 9.38. The van der Waals surface area contributed by atoms with E-state index in [2.05, 4.69) is 0 Å². The maximum absolute atomic E-state index is 12.0. The zero-order valence-corrected chi connectivity index (χ0v) is 11.3. The van der Waals surface area contributed by atoms with Gasteiger partial charge in [0, 0.05) is 12.1 Å². The number of nitro benzene ring substituents is 1. The van der Waals surface area contributed by atoms with Crippen LogP contribution >= 0.6 is 0 Å². The molecule has 0 saturated heterocycles. The highest BCUT2D eigenvalue weighted by atomic mass is 32.2. The molecule has 0 fully saturated rings. The lowest BCUT2D eigenvalue weighted by molar-refractivity contribution is -0.384. The molecule has 20 heavy (non-hydrogen) atoms. The quantitative estimate of drug-likeness (QED) is 0.491. The first kappa shape index (κ1) is 14.0. The summed E-state index contributed by atoms with van der Waals surface area (Å²) < 4.78 is 29.0. The van der Waals surface area contributed by atoms with E-state index in [9.17, 15) is 18.5 Å². The fourth-order valence-corrected chi connectivity index (χ4v) is 2.61. The summed E-state index contributed by atoms with van der Waals surface area (Å²) >= 11 is 0. The van der Waals surface area contributed by atoms with Crippen LogP contribution < -0.4 is 4.18 Å². The van der Waals surface area contributed by atoms with Gasteiger partial charge in [0.15, 0.2) is 0 Å². The van der Waals surface area contributed by atoms with E-state index in [1.54, 1.807) is 19.1 Å². The Morgan fingerprint density at radius 1 is 1.10 bits per heavy atom. The van der Waals surface area contributed by atoms with Crippen molar-refractivity contribution in [2.24, 2.45) is 0 Å². The third-order valence-electron chi connectivity index (χ3n) is 2.53. The number of aryl methyl sites for hydroxylation is 1. The third kappa shape index (κ3) is 3.12. The predicted octanol–water partition coefficient (Wildman–Crippen LogP) is 2.67. The average Bonchev–Trinajstić information content (AvgIpc) is 2.39. The minimum Gasteiger partial charge on any atom is -0.379 e. The predicted molar refractivity (Wildman–Crippen MR) is 72.1 cm³/mol. The molecular formula is C13H11NO5S. The van der Waals surface area contributed by atoms with Crippen LogP contribution in [0.2, 0.25) is 0 Å². The molecule has 0 aliphatic heterocycles. The smallest absolute Gasteiger partial charge is 0.339 e. The van der Waals surface area contributed by atoms with Gasteiger partial charge in [-0.05, 0) is 36.8 Å². The van der Waals surface area contributed by atoms with Crippen molar-refractivity contribution in [3.63, 3.8) is 0 Å². The molecule has 0 spiro atoms. The Hall–Kier alpha value is -2.41. The van der Waals surface area contributed by atoms with Crippen molar-refractivity contribution in [1.82, 2.24) is 0 Å². The lowest BCUT2D eigenvalue weighted by atomic mass is 10.2. The van der Waals surface area contributed by atoms with E-state index in [-0.39, 0.29) is 16.3 Å². The molecule has 0 N–H and O–H groups in total. The molecule has 0 saturated carbocycles. The Balaban J connectivity index is 2.26. The molecule has 0 bridgehead atoms. The molecule has 0 heterocycles. The highest BCUT2D eigenvalue weighted by Gasteiger charge is 2.17. The van der Waals surface area contributed by atoms with E-state index in [1.165, 1.54) is 36.4 Å². The van der Waals surface area contributed by atoms with Gasteiger partial charge in [-0.2, -0.15) is 8.42 Å². The molecule has 0 aromatic heterocycles. The van der Waals surface area contributed by atoms with Gasteiger partial charge in [-0.3, -0.25) is 10.1 Å². The number of non-ortho nitro benzene ring substituents is 1. The molecule has 2 aromatic rings. The van der Waals surface area contributed by atoms with Gasteiger partial charge in [-0.15, -0.1) is 0 Å². The van der Waals surface area contributed by atoms with Crippen molar-refractivity contribution in [1.29, 1.82) is 0 Å². The Kier molecular flexibility index (Phi) is 3.71. The van der Waals surface area contributed by atoms with Crippen LogP contribution in [0.25, 0.3) is 0 Å². The minimum atomic E-state index is -3.94. The Morgan fingerprint density at radius 2 is 1.75 bits per heavy atom. The topological polar surface area (TPSA) is 86.5 Å². The van der Waals surface area contributed by atoms with E-state index in [0.717, 1.165) is 5.56 Å². The minimum absolute atomic E-state index is 0.0251. The number of benzene rings is 2.